The number of anilines is 2. The summed E-state index contributed by atoms with van der Waals surface area (Å²) >= 11 is 5.98. The van der Waals surface area contributed by atoms with Gasteiger partial charge in [-0.25, -0.2) is 26.8 Å². The normalized spacial score (nSPS) is 11.7. The molecule has 0 radical (unpaired) electrons. The zero-order chi connectivity index (χ0) is 24.2. The molecule has 0 aliphatic carbocycles. The average Bonchev–Trinajstić information content (AvgIpc) is 2.80. The standard InChI is InChI=1S/C21H21ClN4O5S2/c1-3-26(16-8-6-5-7-9-16)33(30,31)17-12-10-15(11-13-17)24-20(27)19-18(22)14-23-21(25-19)32(28,29)4-2/h5-14H,3-4H2,1-2H3,(H,24,27). The summed E-state index contributed by atoms with van der Waals surface area (Å²) in [6.07, 6.45) is 1.05. The molecule has 0 bridgehead atoms. The number of benzene rings is 2. The van der Waals surface area contributed by atoms with Gasteiger partial charge in [0, 0.05) is 12.2 Å². The Kier molecular flexibility index (Phi) is 7.35. The molecule has 0 aliphatic heterocycles. The molecule has 0 unspecified atom stereocenters. The van der Waals surface area contributed by atoms with Crippen molar-refractivity contribution >= 4 is 48.7 Å². The molecule has 0 saturated carbocycles. The minimum absolute atomic E-state index is 0.0441. The van der Waals surface area contributed by atoms with Crippen molar-refractivity contribution < 1.29 is 21.6 Å². The molecule has 1 N–H and O–H groups in total. The fourth-order valence-electron chi connectivity index (χ4n) is 2.90. The van der Waals surface area contributed by atoms with Crippen molar-refractivity contribution in [1.82, 2.24) is 9.97 Å². The van der Waals surface area contributed by atoms with E-state index in [1.54, 1.807) is 37.3 Å². The van der Waals surface area contributed by atoms with Crippen molar-refractivity contribution in [2.24, 2.45) is 0 Å². The highest BCUT2D eigenvalue weighted by atomic mass is 35.5. The van der Waals surface area contributed by atoms with Crippen LogP contribution in [0.25, 0.3) is 0 Å². The van der Waals surface area contributed by atoms with E-state index in [0.29, 0.717) is 5.69 Å². The molecular formula is C21H21ClN4O5S2. The number of carbonyl (C=O) groups excluding carboxylic acids is 1. The minimum atomic E-state index is -3.82. The third-order valence-corrected chi connectivity index (χ3v) is 8.33. The van der Waals surface area contributed by atoms with E-state index in [9.17, 15) is 21.6 Å². The lowest BCUT2D eigenvalue weighted by atomic mass is 10.3. The molecule has 0 saturated heterocycles. The first-order valence-electron chi connectivity index (χ1n) is 9.84. The van der Waals surface area contributed by atoms with Gasteiger partial charge in [-0.2, -0.15) is 0 Å². The van der Waals surface area contributed by atoms with Gasteiger partial charge in [-0.1, -0.05) is 36.7 Å². The molecule has 1 aromatic heterocycles. The maximum atomic E-state index is 13.1. The van der Waals surface area contributed by atoms with Crippen LogP contribution in [-0.2, 0) is 19.9 Å². The summed E-state index contributed by atoms with van der Waals surface area (Å²) in [6, 6.07) is 14.3. The van der Waals surface area contributed by atoms with Crippen LogP contribution in [0, 0.1) is 0 Å². The Labute approximate surface area is 197 Å². The Morgan fingerprint density at radius 1 is 1.00 bits per heavy atom. The van der Waals surface area contributed by atoms with Crippen molar-refractivity contribution in [3.63, 3.8) is 0 Å². The van der Waals surface area contributed by atoms with E-state index < -0.39 is 30.9 Å². The number of hydrogen-bond donors (Lipinski definition) is 1. The molecule has 0 fully saturated rings. The lowest BCUT2D eigenvalue weighted by Gasteiger charge is -2.23. The van der Waals surface area contributed by atoms with Gasteiger partial charge < -0.3 is 5.32 Å². The number of sulfonamides is 1. The van der Waals surface area contributed by atoms with Crippen molar-refractivity contribution in [1.29, 1.82) is 0 Å². The molecule has 0 spiro atoms. The highest BCUT2D eigenvalue weighted by Gasteiger charge is 2.24. The highest BCUT2D eigenvalue weighted by Crippen LogP contribution is 2.25. The van der Waals surface area contributed by atoms with E-state index in [4.69, 9.17) is 11.6 Å². The largest absolute Gasteiger partial charge is 0.321 e. The molecule has 174 valence electrons. The Morgan fingerprint density at radius 2 is 1.64 bits per heavy atom. The van der Waals surface area contributed by atoms with Crippen LogP contribution >= 0.6 is 11.6 Å². The molecule has 3 rings (SSSR count). The lowest BCUT2D eigenvalue weighted by molar-refractivity contribution is 0.102. The topological polar surface area (TPSA) is 126 Å². The fourth-order valence-corrected chi connectivity index (χ4v) is 5.25. The van der Waals surface area contributed by atoms with Crippen molar-refractivity contribution in [2.45, 2.75) is 23.9 Å². The predicted octanol–water partition coefficient (Wildman–Crippen LogP) is 3.39. The molecular weight excluding hydrogens is 488 g/mol. The number of carbonyl (C=O) groups is 1. The van der Waals surface area contributed by atoms with Gasteiger partial charge in [0.15, 0.2) is 5.69 Å². The van der Waals surface area contributed by atoms with E-state index in [1.165, 1.54) is 35.5 Å². The van der Waals surface area contributed by atoms with Crippen LogP contribution in [0.2, 0.25) is 5.02 Å². The Bertz CT molecular complexity index is 1360. The monoisotopic (exact) mass is 508 g/mol. The number of nitrogens with one attached hydrogen (secondary N) is 1. The number of para-hydroxylation sites is 1. The molecule has 12 heteroatoms. The minimum Gasteiger partial charge on any atom is -0.321 e. The number of sulfone groups is 1. The lowest BCUT2D eigenvalue weighted by Crippen LogP contribution is -2.30. The van der Waals surface area contributed by atoms with Crippen LogP contribution in [-0.4, -0.2) is 45.0 Å². The second kappa shape index (κ2) is 9.86. The molecule has 33 heavy (non-hydrogen) atoms. The van der Waals surface area contributed by atoms with Crippen molar-refractivity contribution in [2.75, 3.05) is 21.9 Å². The second-order valence-electron chi connectivity index (χ2n) is 6.74. The highest BCUT2D eigenvalue weighted by molar-refractivity contribution is 7.92. The maximum Gasteiger partial charge on any atom is 0.275 e. The number of nitrogens with zero attached hydrogens (tertiary/aromatic N) is 3. The number of aromatic nitrogens is 2. The van der Waals surface area contributed by atoms with Crippen molar-refractivity contribution in [3.8, 4) is 0 Å². The summed E-state index contributed by atoms with van der Waals surface area (Å²) in [5.74, 6) is -0.992. The first-order valence-corrected chi connectivity index (χ1v) is 13.3. The van der Waals surface area contributed by atoms with Gasteiger partial charge >= 0.3 is 0 Å². The van der Waals surface area contributed by atoms with Crippen LogP contribution in [0.15, 0.2) is 70.8 Å². The van der Waals surface area contributed by atoms with Gasteiger partial charge in [0.25, 0.3) is 15.9 Å². The average molecular weight is 509 g/mol. The first kappa shape index (κ1) is 24.6. The molecule has 1 amide bonds. The van der Waals surface area contributed by atoms with E-state index in [0.717, 1.165) is 6.20 Å². The van der Waals surface area contributed by atoms with Crippen LogP contribution in [0.3, 0.4) is 0 Å². The quantitative estimate of drug-likeness (QED) is 0.462. The number of rotatable bonds is 8. The Balaban J connectivity index is 1.84. The SMILES string of the molecule is CCN(c1ccccc1)S(=O)(=O)c1ccc(NC(=O)c2nc(S(=O)(=O)CC)ncc2Cl)cc1. The van der Waals surface area contributed by atoms with E-state index in [1.807, 2.05) is 0 Å². The van der Waals surface area contributed by atoms with E-state index in [-0.39, 0.29) is 33.6 Å². The smallest absolute Gasteiger partial charge is 0.275 e. The second-order valence-corrected chi connectivity index (χ2v) is 11.2. The van der Waals surface area contributed by atoms with Gasteiger partial charge in [0.2, 0.25) is 15.0 Å². The van der Waals surface area contributed by atoms with Crippen LogP contribution < -0.4 is 9.62 Å². The summed E-state index contributed by atoms with van der Waals surface area (Å²) in [4.78, 5) is 20.1. The summed E-state index contributed by atoms with van der Waals surface area (Å²) in [7, 11) is -7.55. The predicted molar refractivity (Wildman–Crippen MR) is 126 cm³/mol. The van der Waals surface area contributed by atoms with Crippen molar-refractivity contribution in [3.05, 3.63) is 71.5 Å². The first-order chi connectivity index (χ1) is 15.6. The maximum absolute atomic E-state index is 13.1. The Morgan fingerprint density at radius 3 is 2.21 bits per heavy atom. The van der Waals surface area contributed by atoms with Gasteiger partial charge in [-0.15, -0.1) is 0 Å². The van der Waals surface area contributed by atoms with Gasteiger partial charge in [-0.3, -0.25) is 9.10 Å². The summed E-state index contributed by atoms with van der Waals surface area (Å²) in [5.41, 5.74) is 0.501. The van der Waals surface area contributed by atoms with Gasteiger partial charge in [-0.05, 0) is 43.3 Å². The van der Waals surface area contributed by atoms with E-state index >= 15 is 0 Å². The molecule has 3 aromatic rings. The summed E-state index contributed by atoms with van der Waals surface area (Å²) in [5, 5.41) is 1.91. The third-order valence-electron chi connectivity index (χ3n) is 4.63. The van der Waals surface area contributed by atoms with E-state index in [2.05, 4.69) is 15.3 Å². The van der Waals surface area contributed by atoms with Crippen LogP contribution in [0.5, 0.6) is 0 Å². The molecule has 2 aromatic carbocycles. The molecule has 1 heterocycles. The third kappa shape index (κ3) is 5.32. The fraction of sp³-hybridized carbons (Fsp3) is 0.190. The van der Waals surface area contributed by atoms with Gasteiger partial charge in [0.1, 0.15) is 0 Å². The number of amides is 1. The molecule has 0 aliphatic rings. The summed E-state index contributed by atoms with van der Waals surface area (Å²) in [6.45, 7) is 3.40. The zero-order valence-corrected chi connectivity index (χ0v) is 20.2. The number of halogens is 1. The van der Waals surface area contributed by atoms with Crippen LogP contribution in [0.1, 0.15) is 24.3 Å². The summed E-state index contributed by atoms with van der Waals surface area (Å²) < 4.78 is 51.4. The van der Waals surface area contributed by atoms with Crippen LogP contribution in [0.4, 0.5) is 11.4 Å². The molecule has 0 atom stereocenters. The zero-order valence-electron chi connectivity index (χ0n) is 17.8. The molecule has 9 nitrogen and oxygen atoms in total. The number of hydrogen-bond acceptors (Lipinski definition) is 7. The van der Waals surface area contributed by atoms with Gasteiger partial charge in [0.05, 0.1) is 27.6 Å². The Hall–Kier alpha value is -3.02.